The van der Waals surface area contributed by atoms with Crippen LogP contribution >= 0.6 is 0 Å². The van der Waals surface area contributed by atoms with E-state index in [4.69, 9.17) is 23.4 Å². The Hall–Kier alpha value is -4.43. The topological polar surface area (TPSA) is 105 Å². The predicted molar refractivity (Wildman–Crippen MR) is 238 cm³/mol. The monoisotopic (exact) mass is 847 g/mol. The number of ether oxygens (including phenoxy) is 4. The zero-order valence-electron chi connectivity index (χ0n) is 35.1. The van der Waals surface area contributed by atoms with Gasteiger partial charge in [-0.05, 0) is 65.0 Å². The Bertz CT molecular complexity index is 2390. The molecule has 0 aliphatic carbocycles. The van der Waals surface area contributed by atoms with Crippen LogP contribution in [0, 0.1) is 0 Å². The van der Waals surface area contributed by atoms with Crippen LogP contribution in [-0.2, 0) is 59.6 Å². The third-order valence-electron chi connectivity index (χ3n) is 11.8. The molecular weight excluding hydrogens is 791 g/mol. The second-order valence-electron chi connectivity index (χ2n) is 16.9. The van der Waals surface area contributed by atoms with Gasteiger partial charge in [0.05, 0.1) is 42.5 Å². The van der Waals surface area contributed by atoms with Crippen molar-refractivity contribution in [2.75, 3.05) is 13.2 Å². The van der Waals surface area contributed by atoms with E-state index in [2.05, 4.69) is 33.9 Å². The van der Waals surface area contributed by atoms with Crippen LogP contribution in [0.4, 0.5) is 0 Å². The number of benzene rings is 5. The van der Waals surface area contributed by atoms with Crippen LogP contribution in [0.1, 0.15) is 54.8 Å². The molecule has 5 aromatic carbocycles. The average Bonchev–Trinajstić information content (AvgIpc) is 3.58. The maximum absolute atomic E-state index is 15.0. The van der Waals surface area contributed by atoms with Gasteiger partial charge in [0.1, 0.15) is 30.5 Å². The van der Waals surface area contributed by atoms with Crippen LogP contribution < -0.4 is 0 Å². The smallest absolute Gasteiger partial charge is 0.268 e. The standard InChI is InChI=1S/C49H57NO8SSi/c1-49(2,3)60(4,5)57-31-30-41-40-28-18-19-29-42(40)50(59(52,53)39-26-16-9-17-27-39)44(41)47-45(51)48(56-34-38-24-14-8-15-25-38)46(55-33-37-22-12-7-13-23-37)43(58-47)35-54-32-36-20-10-6-11-21-36/h6-29,43,45-48,51H,30-35H2,1-5H3/t43-,45-,46-,47+,48-/m0/s1. The maximum atomic E-state index is 15.0. The van der Waals surface area contributed by atoms with Crippen molar-refractivity contribution >= 4 is 29.2 Å². The maximum Gasteiger partial charge on any atom is 0.268 e. The lowest BCUT2D eigenvalue weighted by Gasteiger charge is -2.45. The molecule has 316 valence electrons. The lowest BCUT2D eigenvalue weighted by molar-refractivity contribution is -0.264. The number of hydrogen-bond donors (Lipinski definition) is 1. The second-order valence-corrected chi connectivity index (χ2v) is 23.5. The molecule has 0 bridgehead atoms. The summed E-state index contributed by atoms with van der Waals surface area (Å²) >= 11 is 0. The number of hydrogen-bond acceptors (Lipinski definition) is 8. The Morgan fingerprint density at radius 3 is 1.75 bits per heavy atom. The van der Waals surface area contributed by atoms with E-state index in [1.165, 1.54) is 3.97 Å². The van der Waals surface area contributed by atoms with Crippen LogP contribution in [0.5, 0.6) is 0 Å². The summed E-state index contributed by atoms with van der Waals surface area (Å²) in [7, 11) is -6.43. The zero-order chi connectivity index (χ0) is 42.3. The summed E-state index contributed by atoms with van der Waals surface area (Å²) in [6.45, 7) is 12.1. The first-order chi connectivity index (χ1) is 28.8. The van der Waals surface area contributed by atoms with E-state index in [1.807, 2.05) is 115 Å². The molecule has 60 heavy (non-hydrogen) atoms. The predicted octanol–water partition coefficient (Wildman–Crippen LogP) is 9.63. The van der Waals surface area contributed by atoms with E-state index in [0.717, 1.165) is 27.6 Å². The quantitative estimate of drug-likeness (QED) is 0.0906. The van der Waals surface area contributed by atoms with Crippen molar-refractivity contribution in [3.63, 3.8) is 0 Å². The molecule has 2 heterocycles. The first kappa shape index (κ1) is 43.6. The van der Waals surface area contributed by atoms with Crippen molar-refractivity contribution in [3.8, 4) is 0 Å². The van der Waals surface area contributed by atoms with Crippen LogP contribution in [0.15, 0.2) is 150 Å². The molecule has 1 aromatic heterocycles. The molecular formula is C49H57NO8SSi. The van der Waals surface area contributed by atoms with Crippen LogP contribution in [0.25, 0.3) is 10.9 Å². The van der Waals surface area contributed by atoms with Gasteiger partial charge in [-0.1, -0.05) is 148 Å². The van der Waals surface area contributed by atoms with Crippen molar-refractivity contribution in [2.24, 2.45) is 0 Å². The zero-order valence-corrected chi connectivity index (χ0v) is 37.0. The van der Waals surface area contributed by atoms with E-state index < -0.39 is 48.9 Å². The van der Waals surface area contributed by atoms with Gasteiger partial charge in [0, 0.05) is 12.0 Å². The number of rotatable bonds is 17. The molecule has 1 saturated heterocycles. The van der Waals surface area contributed by atoms with Crippen LogP contribution in [0.3, 0.4) is 0 Å². The van der Waals surface area contributed by atoms with E-state index in [9.17, 15) is 5.11 Å². The number of aliphatic hydroxyl groups is 1. The summed E-state index contributed by atoms with van der Waals surface area (Å²) in [6, 6.07) is 45.3. The summed E-state index contributed by atoms with van der Waals surface area (Å²) in [6.07, 6.45) is -4.71. The lowest BCUT2D eigenvalue weighted by atomic mass is 9.91. The van der Waals surface area contributed by atoms with Crippen molar-refractivity contribution in [1.29, 1.82) is 0 Å². The van der Waals surface area contributed by atoms with Crippen molar-refractivity contribution in [3.05, 3.63) is 174 Å². The summed E-state index contributed by atoms with van der Waals surface area (Å²) in [5.74, 6) is 0. The first-order valence-electron chi connectivity index (χ1n) is 20.7. The van der Waals surface area contributed by atoms with Crippen LogP contribution in [0.2, 0.25) is 18.1 Å². The van der Waals surface area contributed by atoms with Gasteiger partial charge in [0.2, 0.25) is 0 Å². The van der Waals surface area contributed by atoms with E-state index in [0.29, 0.717) is 30.8 Å². The number of aliphatic hydroxyl groups excluding tert-OH is 1. The fourth-order valence-corrected chi connectivity index (χ4v) is 10.2. The minimum absolute atomic E-state index is 0.0335. The Labute approximate surface area is 356 Å². The molecule has 0 radical (unpaired) electrons. The summed E-state index contributed by atoms with van der Waals surface area (Å²) in [5, 5.41) is 13.5. The van der Waals surface area contributed by atoms with Gasteiger partial charge in [0.15, 0.2) is 8.32 Å². The van der Waals surface area contributed by atoms with Gasteiger partial charge in [0.25, 0.3) is 10.0 Å². The first-order valence-corrected chi connectivity index (χ1v) is 25.0. The summed E-state index contributed by atoms with van der Waals surface area (Å²) in [5.41, 5.74) is 4.38. The number of aromatic nitrogens is 1. The van der Waals surface area contributed by atoms with E-state index in [1.54, 1.807) is 30.3 Å². The molecule has 7 rings (SSSR count). The molecule has 0 unspecified atom stereocenters. The van der Waals surface area contributed by atoms with Crippen molar-refractivity contribution < 1.29 is 36.9 Å². The Morgan fingerprint density at radius 2 is 1.18 bits per heavy atom. The molecule has 1 aliphatic rings. The number of nitrogens with zero attached hydrogens (tertiary/aromatic N) is 1. The number of fused-ring (bicyclic) bond motifs is 1. The molecule has 0 saturated carbocycles. The normalized spacial score (nSPS) is 20.1. The summed E-state index contributed by atoms with van der Waals surface area (Å²) < 4.78 is 65.0. The second kappa shape index (κ2) is 19.1. The fraction of sp³-hybridized carbons (Fsp3) is 0.347. The third kappa shape index (κ3) is 9.85. The van der Waals surface area contributed by atoms with Crippen molar-refractivity contribution in [2.45, 2.75) is 101 Å². The van der Waals surface area contributed by atoms with Gasteiger partial charge < -0.3 is 28.5 Å². The Kier molecular flexibility index (Phi) is 13.9. The number of para-hydroxylation sites is 1. The highest BCUT2D eigenvalue weighted by atomic mass is 32.2. The largest absolute Gasteiger partial charge is 0.416 e. The molecule has 1 aliphatic heterocycles. The Balaban J connectivity index is 1.36. The van der Waals surface area contributed by atoms with Gasteiger partial charge in [-0.15, -0.1) is 0 Å². The molecule has 11 heteroatoms. The van der Waals surface area contributed by atoms with Gasteiger partial charge in [-0.3, -0.25) is 0 Å². The molecule has 6 aromatic rings. The Morgan fingerprint density at radius 1 is 0.683 bits per heavy atom. The van der Waals surface area contributed by atoms with E-state index in [-0.39, 0.29) is 29.8 Å². The van der Waals surface area contributed by atoms with Gasteiger partial charge in [-0.2, -0.15) is 0 Å². The molecule has 1 fully saturated rings. The molecule has 5 atom stereocenters. The SMILES string of the molecule is CC(C)(C)[Si](C)(C)OCCc1c([C@H]2O[C@@H](COCc3ccccc3)[C@H](OCc3ccccc3)[C@@H](OCc3ccccc3)[C@H]2O)n(S(=O)(=O)c2ccccc2)c2ccccc12. The molecule has 0 amide bonds. The average molecular weight is 848 g/mol. The molecule has 0 spiro atoms. The fourth-order valence-electron chi connectivity index (χ4n) is 7.51. The third-order valence-corrected chi connectivity index (χ3v) is 18.1. The van der Waals surface area contributed by atoms with Crippen molar-refractivity contribution in [1.82, 2.24) is 3.97 Å². The highest BCUT2D eigenvalue weighted by Crippen LogP contribution is 2.43. The molecule has 9 nitrogen and oxygen atoms in total. The lowest BCUT2D eigenvalue weighted by Crippen LogP contribution is -2.58. The minimum atomic E-state index is -4.24. The molecule has 1 N–H and O–H groups in total. The minimum Gasteiger partial charge on any atom is -0.416 e. The highest BCUT2D eigenvalue weighted by molar-refractivity contribution is 7.90. The van der Waals surface area contributed by atoms with Crippen LogP contribution in [-0.4, -0.2) is 63.4 Å². The highest BCUT2D eigenvalue weighted by Gasteiger charge is 2.50. The van der Waals surface area contributed by atoms with E-state index >= 15 is 8.42 Å². The van der Waals surface area contributed by atoms with Gasteiger partial charge in [-0.25, -0.2) is 12.4 Å². The van der Waals surface area contributed by atoms with Gasteiger partial charge >= 0.3 is 0 Å². The summed E-state index contributed by atoms with van der Waals surface area (Å²) in [4.78, 5) is 0.116.